The van der Waals surface area contributed by atoms with Gasteiger partial charge < -0.3 is 20.3 Å². The van der Waals surface area contributed by atoms with Crippen LogP contribution >= 0.6 is 0 Å². The summed E-state index contributed by atoms with van der Waals surface area (Å²) in [6.45, 7) is 2.71. The molecule has 1 rings (SSSR count). The van der Waals surface area contributed by atoms with Crippen molar-refractivity contribution in [3.05, 3.63) is 18.7 Å². The van der Waals surface area contributed by atoms with E-state index >= 15 is 0 Å². The minimum Gasteiger partial charge on any atom is -0.480 e. The Balaban J connectivity index is 2.23. The predicted molar refractivity (Wildman–Crippen MR) is 60.5 cm³/mol. The van der Waals surface area contributed by atoms with Crippen LogP contribution in [-0.4, -0.2) is 39.2 Å². The van der Waals surface area contributed by atoms with Gasteiger partial charge in [-0.25, -0.2) is 14.6 Å². The fourth-order valence-electron chi connectivity index (χ4n) is 1.27. The molecule has 1 heterocycles. The summed E-state index contributed by atoms with van der Waals surface area (Å²) < 4.78 is 1.81. The molecule has 0 aliphatic heterocycles. The summed E-state index contributed by atoms with van der Waals surface area (Å²) in [4.78, 5) is 25.9. The van der Waals surface area contributed by atoms with Gasteiger partial charge >= 0.3 is 12.0 Å². The van der Waals surface area contributed by atoms with Crippen LogP contribution in [0.1, 0.15) is 13.3 Å². The predicted octanol–water partition coefficient (Wildman–Crippen LogP) is 0.0455. The summed E-state index contributed by atoms with van der Waals surface area (Å²) in [7, 11) is 0. The highest BCUT2D eigenvalue weighted by atomic mass is 16.4. The van der Waals surface area contributed by atoms with Gasteiger partial charge in [0.05, 0.1) is 6.33 Å². The summed E-state index contributed by atoms with van der Waals surface area (Å²) >= 11 is 0. The number of nitrogens with one attached hydrogen (secondary N) is 2. The van der Waals surface area contributed by atoms with E-state index in [-0.39, 0.29) is 0 Å². The maximum atomic E-state index is 11.3. The second-order valence-corrected chi connectivity index (χ2v) is 3.50. The largest absolute Gasteiger partial charge is 0.480 e. The third kappa shape index (κ3) is 4.54. The van der Waals surface area contributed by atoms with Crippen LogP contribution in [0, 0.1) is 0 Å². The molecule has 0 fully saturated rings. The summed E-state index contributed by atoms with van der Waals surface area (Å²) in [6.07, 6.45) is 5.43. The van der Waals surface area contributed by atoms with E-state index in [2.05, 4.69) is 15.6 Å². The van der Waals surface area contributed by atoms with E-state index in [0.29, 0.717) is 19.5 Å². The van der Waals surface area contributed by atoms with E-state index < -0.39 is 18.0 Å². The highest BCUT2D eigenvalue weighted by Crippen LogP contribution is 1.90. The molecule has 0 saturated heterocycles. The van der Waals surface area contributed by atoms with E-state index in [9.17, 15) is 9.59 Å². The Morgan fingerprint density at radius 2 is 2.29 bits per heavy atom. The van der Waals surface area contributed by atoms with Gasteiger partial charge in [0, 0.05) is 25.5 Å². The number of nitrogens with zero attached hydrogens (tertiary/aromatic N) is 2. The normalized spacial score (nSPS) is 11.8. The highest BCUT2D eigenvalue weighted by molar-refractivity contribution is 5.82. The second-order valence-electron chi connectivity index (χ2n) is 3.50. The molecule has 1 aromatic rings. The SMILES string of the molecule is CC[C@@H](NC(=O)NCCn1ccnc1)C(=O)O. The van der Waals surface area contributed by atoms with Crippen molar-refractivity contribution in [2.75, 3.05) is 6.54 Å². The fraction of sp³-hybridized carbons (Fsp3) is 0.500. The molecule has 94 valence electrons. The maximum absolute atomic E-state index is 11.3. The van der Waals surface area contributed by atoms with Crippen LogP contribution in [0.15, 0.2) is 18.7 Å². The Bertz CT molecular complexity index is 364. The summed E-state index contributed by atoms with van der Waals surface area (Å²) in [5, 5.41) is 13.7. The van der Waals surface area contributed by atoms with Crippen LogP contribution < -0.4 is 10.6 Å². The maximum Gasteiger partial charge on any atom is 0.326 e. The molecule has 2 amide bonds. The van der Waals surface area contributed by atoms with Gasteiger partial charge in [0.2, 0.25) is 0 Å². The average molecular weight is 240 g/mol. The number of carboxylic acid groups (broad SMARTS) is 1. The zero-order chi connectivity index (χ0) is 12.7. The quantitative estimate of drug-likeness (QED) is 0.654. The van der Waals surface area contributed by atoms with Crippen LogP contribution in [0.2, 0.25) is 0 Å². The molecule has 0 unspecified atom stereocenters. The topological polar surface area (TPSA) is 96.3 Å². The van der Waals surface area contributed by atoms with Crippen molar-refractivity contribution in [3.8, 4) is 0 Å². The first-order chi connectivity index (χ1) is 8.13. The molecule has 0 bridgehead atoms. The van der Waals surface area contributed by atoms with Gasteiger partial charge in [-0.3, -0.25) is 0 Å². The molecule has 1 atom stereocenters. The van der Waals surface area contributed by atoms with E-state index in [1.165, 1.54) is 0 Å². The molecule has 3 N–H and O–H groups in total. The lowest BCUT2D eigenvalue weighted by Crippen LogP contribution is -2.46. The molecular weight excluding hydrogens is 224 g/mol. The van der Waals surface area contributed by atoms with E-state index in [0.717, 1.165) is 0 Å². The molecule has 0 aliphatic carbocycles. The van der Waals surface area contributed by atoms with Crippen LogP contribution in [0.3, 0.4) is 0 Å². The van der Waals surface area contributed by atoms with Crippen molar-refractivity contribution in [2.45, 2.75) is 25.9 Å². The summed E-state index contributed by atoms with van der Waals surface area (Å²) in [5.74, 6) is -1.03. The molecule has 0 aliphatic rings. The zero-order valence-corrected chi connectivity index (χ0v) is 9.59. The molecule has 0 radical (unpaired) electrons. The van der Waals surface area contributed by atoms with Crippen molar-refractivity contribution in [1.29, 1.82) is 0 Å². The van der Waals surface area contributed by atoms with E-state index in [4.69, 9.17) is 5.11 Å². The van der Waals surface area contributed by atoms with Gasteiger partial charge in [-0.2, -0.15) is 0 Å². The Morgan fingerprint density at radius 3 is 2.82 bits per heavy atom. The van der Waals surface area contributed by atoms with Crippen molar-refractivity contribution in [2.24, 2.45) is 0 Å². The van der Waals surface area contributed by atoms with Gasteiger partial charge in [0.25, 0.3) is 0 Å². The number of aromatic nitrogens is 2. The molecule has 0 spiro atoms. The minimum atomic E-state index is -1.03. The number of hydrogen-bond acceptors (Lipinski definition) is 3. The highest BCUT2D eigenvalue weighted by Gasteiger charge is 2.16. The van der Waals surface area contributed by atoms with Crippen molar-refractivity contribution in [1.82, 2.24) is 20.2 Å². The van der Waals surface area contributed by atoms with Gasteiger partial charge in [0.15, 0.2) is 0 Å². The Morgan fingerprint density at radius 1 is 1.53 bits per heavy atom. The molecule has 0 aromatic carbocycles. The van der Waals surface area contributed by atoms with Crippen LogP contribution in [0.25, 0.3) is 0 Å². The molecule has 17 heavy (non-hydrogen) atoms. The van der Waals surface area contributed by atoms with Gasteiger partial charge in [-0.1, -0.05) is 6.92 Å². The molecule has 7 heteroatoms. The lowest BCUT2D eigenvalue weighted by atomic mass is 10.2. The lowest BCUT2D eigenvalue weighted by Gasteiger charge is -2.13. The number of rotatable bonds is 6. The molecule has 0 saturated carbocycles. The minimum absolute atomic E-state index is 0.351. The lowest BCUT2D eigenvalue weighted by molar-refractivity contribution is -0.139. The zero-order valence-electron chi connectivity index (χ0n) is 9.59. The third-order valence-electron chi connectivity index (χ3n) is 2.23. The van der Waals surface area contributed by atoms with Gasteiger partial charge in [-0.15, -0.1) is 0 Å². The van der Waals surface area contributed by atoms with Gasteiger partial charge in [-0.05, 0) is 6.42 Å². The van der Waals surface area contributed by atoms with E-state index in [1.807, 2.05) is 4.57 Å². The number of carbonyl (C=O) groups is 2. The van der Waals surface area contributed by atoms with E-state index in [1.54, 1.807) is 25.6 Å². The Labute approximate surface area is 98.8 Å². The number of carbonyl (C=O) groups excluding carboxylic acids is 1. The van der Waals surface area contributed by atoms with Crippen molar-refractivity contribution in [3.63, 3.8) is 0 Å². The van der Waals surface area contributed by atoms with Crippen molar-refractivity contribution >= 4 is 12.0 Å². The van der Waals surface area contributed by atoms with Crippen LogP contribution in [0.4, 0.5) is 4.79 Å². The standard InChI is InChI=1S/C10H16N4O3/c1-2-8(9(15)16)13-10(17)12-4-6-14-5-3-11-7-14/h3,5,7-8H,2,4,6H2,1H3,(H,15,16)(H2,12,13,17)/t8-/m1/s1. The number of carboxylic acids is 1. The van der Waals surface area contributed by atoms with Crippen molar-refractivity contribution < 1.29 is 14.7 Å². The first-order valence-corrected chi connectivity index (χ1v) is 5.36. The summed E-state index contributed by atoms with van der Waals surface area (Å²) in [6, 6.07) is -1.32. The number of aliphatic carboxylic acids is 1. The van der Waals surface area contributed by atoms with Gasteiger partial charge in [0.1, 0.15) is 6.04 Å². The number of imidazole rings is 1. The van der Waals surface area contributed by atoms with Crippen LogP contribution in [0.5, 0.6) is 0 Å². The Hall–Kier alpha value is -2.05. The first-order valence-electron chi connectivity index (χ1n) is 5.36. The number of hydrogen-bond donors (Lipinski definition) is 3. The summed E-state index contributed by atoms with van der Waals surface area (Å²) in [5.41, 5.74) is 0. The molecule has 1 aromatic heterocycles. The molecule has 7 nitrogen and oxygen atoms in total. The second kappa shape index (κ2) is 6.51. The third-order valence-corrected chi connectivity index (χ3v) is 2.23. The monoisotopic (exact) mass is 240 g/mol. The average Bonchev–Trinajstić information content (AvgIpc) is 2.78. The number of urea groups is 1. The first kappa shape index (κ1) is 13.0. The number of amides is 2. The smallest absolute Gasteiger partial charge is 0.326 e. The fourth-order valence-corrected chi connectivity index (χ4v) is 1.27. The Kier molecular flexibility index (Phi) is 4.99. The molecular formula is C10H16N4O3. The van der Waals surface area contributed by atoms with Crippen LogP contribution in [-0.2, 0) is 11.3 Å².